The number of hydrogen-bond donors (Lipinski definition) is 0. The molecule has 1 unspecified atom stereocenters. The van der Waals surface area contributed by atoms with Crippen LogP contribution in [0, 0.1) is 11.3 Å². The van der Waals surface area contributed by atoms with Gasteiger partial charge in [0.05, 0.1) is 0 Å². The molecule has 0 spiro atoms. The first-order valence-corrected chi connectivity index (χ1v) is 3.65. The van der Waals surface area contributed by atoms with Crippen LogP contribution in [0.15, 0.2) is 12.7 Å². The van der Waals surface area contributed by atoms with Gasteiger partial charge in [0.1, 0.15) is 0 Å². The van der Waals surface area contributed by atoms with Gasteiger partial charge < -0.3 is 0 Å². The summed E-state index contributed by atoms with van der Waals surface area (Å²) >= 11 is 0. The van der Waals surface area contributed by atoms with E-state index < -0.39 is 0 Å². The molecular weight excluding hydrogens is 108 g/mol. The zero-order valence-electron chi connectivity index (χ0n) is 7.07. The van der Waals surface area contributed by atoms with Gasteiger partial charge in [-0.15, -0.1) is 6.58 Å². The molecule has 1 atom stereocenters. The fourth-order valence-electron chi connectivity index (χ4n) is 1.13. The zero-order valence-corrected chi connectivity index (χ0v) is 7.07. The van der Waals surface area contributed by atoms with E-state index in [1.165, 1.54) is 6.42 Å². The highest BCUT2D eigenvalue weighted by atomic mass is 14.2. The largest absolute Gasteiger partial charge is 0.103 e. The van der Waals surface area contributed by atoms with E-state index >= 15 is 0 Å². The molecule has 0 aromatic rings. The van der Waals surface area contributed by atoms with E-state index in [0.29, 0.717) is 11.3 Å². The molecule has 0 rings (SSSR count). The molecule has 0 bridgehead atoms. The van der Waals surface area contributed by atoms with Crippen molar-refractivity contribution < 1.29 is 0 Å². The average Bonchev–Trinajstić information content (AvgIpc) is 1.65. The van der Waals surface area contributed by atoms with Gasteiger partial charge >= 0.3 is 0 Å². The summed E-state index contributed by atoms with van der Waals surface area (Å²) < 4.78 is 0. The second kappa shape index (κ2) is 3.05. The van der Waals surface area contributed by atoms with Gasteiger partial charge in [0, 0.05) is 0 Å². The first-order chi connectivity index (χ1) is 4.02. The maximum Gasteiger partial charge on any atom is -0.0190 e. The van der Waals surface area contributed by atoms with Crippen molar-refractivity contribution in [1.29, 1.82) is 0 Å². The van der Waals surface area contributed by atoms with Crippen molar-refractivity contribution in [3.05, 3.63) is 12.7 Å². The lowest BCUT2D eigenvalue weighted by molar-refractivity contribution is 0.286. The molecule has 0 aromatic heterocycles. The highest BCUT2D eigenvalue weighted by Gasteiger charge is 2.18. The molecule has 0 amide bonds. The van der Waals surface area contributed by atoms with E-state index in [0.717, 1.165) is 0 Å². The van der Waals surface area contributed by atoms with Crippen LogP contribution in [0.2, 0.25) is 0 Å². The van der Waals surface area contributed by atoms with E-state index in [-0.39, 0.29) is 0 Å². The van der Waals surface area contributed by atoms with Gasteiger partial charge in [0.15, 0.2) is 0 Å². The maximum absolute atomic E-state index is 3.80. The topological polar surface area (TPSA) is 0 Å². The summed E-state index contributed by atoms with van der Waals surface area (Å²) in [5.41, 5.74) is 0.399. The van der Waals surface area contributed by atoms with Crippen molar-refractivity contribution in [2.75, 3.05) is 0 Å². The molecule has 0 N–H and O–H groups in total. The second-order valence-corrected chi connectivity index (χ2v) is 3.62. The van der Waals surface area contributed by atoms with Crippen LogP contribution >= 0.6 is 0 Å². The van der Waals surface area contributed by atoms with E-state index in [4.69, 9.17) is 0 Å². The maximum atomic E-state index is 3.80. The van der Waals surface area contributed by atoms with Crippen molar-refractivity contribution in [1.82, 2.24) is 0 Å². The minimum absolute atomic E-state index is 0.399. The summed E-state index contributed by atoms with van der Waals surface area (Å²) in [5, 5.41) is 0. The molecule has 0 aliphatic rings. The van der Waals surface area contributed by atoms with Gasteiger partial charge in [0.2, 0.25) is 0 Å². The number of hydrogen-bond acceptors (Lipinski definition) is 0. The quantitative estimate of drug-likeness (QED) is 0.498. The summed E-state index contributed by atoms with van der Waals surface area (Å²) in [4.78, 5) is 0. The molecule has 0 saturated heterocycles. The summed E-state index contributed by atoms with van der Waals surface area (Å²) in [5.74, 6) is 0.664. The Kier molecular flexibility index (Phi) is 2.96. The minimum Gasteiger partial charge on any atom is -0.103 e. The van der Waals surface area contributed by atoms with Crippen LogP contribution in [0.4, 0.5) is 0 Å². The Hall–Kier alpha value is -0.260. The smallest absolute Gasteiger partial charge is 0.0190 e. The lowest BCUT2D eigenvalue weighted by Crippen LogP contribution is -2.16. The Bertz CT molecular complexity index is 84.7. The first kappa shape index (κ1) is 8.74. The lowest BCUT2D eigenvalue weighted by Gasteiger charge is -2.26. The predicted octanol–water partition coefficient (Wildman–Crippen LogP) is 3.24. The van der Waals surface area contributed by atoms with Gasteiger partial charge in [-0.05, 0) is 17.8 Å². The van der Waals surface area contributed by atoms with E-state index in [1.54, 1.807) is 0 Å². The first-order valence-electron chi connectivity index (χ1n) is 3.65. The van der Waals surface area contributed by atoms with E-state index in [2.05, 4.69) is 40.3 Å². The molecule has 0 aromatic carbocycles. The summed E-state index contributed by atoms with van der Waals surface area (Å²) in [6, 6.07) is 0. The summed E-state index contributed by atoms with van der Waals surface area (Å²) in [6.45, 7) is 12.8. The highest BCUT2D eigenvalue weighted by molar-refractivity contribution is 4.86. The Labute approximate surface area is 59.0 Å². The molecule has 9 heavy (non-hydrogen) atoms. The minimum atomic E-state index is 0.399. The Morgan fingerprint density at radius 2 is 1.89 bits per heavy atom. The summed E-state index contributed by atoms with van der Waals surface area (Å²) in [7, 11) is 0. The standard InChI is InChI=1S/C9H18/c1-6-8(7-2)9(3,4)5/h6,8H,1,7H2,2-5H3. The van der Waals surface area contributed by atoms with Crippen LogP contribution in [0.3, 0.4) is 0 Å². The molecular formula is C9H18. The van der Waals surface area contributed by atoms with Crippen LogP contribution in [-0.2, 0) is 0 Å². The fourth-order valence-corrected chi connectivity index (χ4v) is 1.13. The molecule has 0 nitrogen and oxygen atoms in total. The predicted molar refractivity (Wildman–Crippen MR) is 43.4 cm³/mol. The highest BCUT2D eigenvalue weighted by Crippen LogP contribution is 2.28. The SMILES string of the molecule is C=CC(CC)C(C)(C)C. The molecule has 0 aliphatic heterocycles. The van der Waals surface area contributed by atoms with Crippen LogP contribution in [0.25, 0.3) is 0 Å². The van der Waals surface area contributed by atoms with E-state index in [9.17, 15) is 0 Å². The molecule has 0 heterocycles. The van der Waals surface area contributed by atoms with Crippen LogP contribution in [0.1, 0.15) is 34.1 Å². The third-order valence-corrected chi connectivity index (χ3v) is 1.84. The molecule has 0 radical (unpaired) electrons. The Morgan fingerprint density at radius 1 is 1.44 bits per heavy atom. The monoisotopic (exact) mass is 126 g/mol. The van der Waals surface area contributed by atoms with Crippen molar-refractivity contribution in [2.45, 2.75) is 34.1 Å². The van der Waals surface area contributed by atoms with Gasteiger partial charge in [-0.2, -0.15) is 0 Å². The average molecular weight is 126 g/mol. The fraction of sp³-hybridized carbons (Fsp3) is 0.778. The van der Waals surface area contributed by atoms with Gasteiger partial charge in [-0.1, -0.05) is 33.8 Å². The molecule has 0 fully saturated rings. The van der Waals surface area contributed by atoms with Crippen molar-refractivity contribution in [3.63, 3.8) is 0 Å². The Balaban J connectivity index is 3.94. The van der Waals surface area contributed by atoms with Crippen LogP contribution < -0.4 is 0 Å². The lowest BCUT2D eigenvalue weighted by atomic mass is 9.79. The molecule has 54 valence electrons. The van der Waals surface area contributed by atoms with E-state index in [1.807, 2.05) is 0 Å². The van der Waals surface area contributed by atoms with Crippen LogP contribution in [-0.4, -0.2) is 0 Å². The Morgan fingerprint density at radius 3 is 1.89 bits per heavy atom. The van der Waals surface area contributed by atoms with Gasteiger partial charge in [0.25, 0.3) is 0 Å². The number of rotatable bonds is 2. The van der Waals surface area contributed by atoms with Crippen molar-refractivity contribution in [2.24, 2.45) is 11.3 Å². The van der Waals surface area contributed by atoms with Gasteiger partial charge in [-0.25, -0.2) is 0 Å². The third kappa shape index (κ3) is 2.69. The molecule has 0 saturated carbocycles. The van der Waals surface area contributed by atoms with Crippen molar-refractivity contribution in [3.8, 4) is 0 Å². The normalized spacial score (nSPS) is 15.1. The summed E-state index contributed by atoms with van der Waals surface area (Å²) in [6.07, 6.45) is 3.26. The molecule has 0 aliphatic carbocycles. The third-order valence-electron chi connectivity index (χ3n) is 1.84. The van der Waals surface area contributed by atoms with Crippen molar-refractivity contribution >= 4 is 0 Å². The number of allylic oxidation sites excluding steroid dienone is 1. The molecule has 0 heteroatoms. The second-order valence-electron chi connectivity index (χ2n) is 3.62. The van der Waals surface area contributed by atoms with Gasteiger partial charge in [-0.3, -0.25) is 0 Å². The van der Waals surface area contributed by atoms with Crippen LogP contribution in [0.5, 0.6) is 0 Å². The zero-order chi connectivity index (χ0) is 7.49.